The van der Waals surface area contributed by atoms with Crippen molar-refractivity contribution < 1.29 is 37.8 Å². The molecule has 0 bridgehead atoms. The molecule has 49 heavy (non-hydrogen) atoms. The van der Waals surface area contributed by atoms with Gasteiger partial charge in [0.1, 0.15) is 35.0 Å². The molecule has 6 rings (SSSR count). The van der Waals surface area contributed by atoms with Gasteiger partial charge in [0.25, 0.3) is 5.69 Å². The molecule has 2 aliphatic rings. The predicted molar refractivity (Wildman–Crippen MR) is 176 cm³/mol. The summed E-state index contributed by atoms with van der Waals surface area (Å²) in [5.41, 5.74) is 3.03. The molecule has 14 nitrogen and oxygen atoms in total. The van der Waals surface area contributed by atoms with Crippen LogP contribution in [0.1, 0.15) is 30.3 Å². The number of nitro groups is 1. The van der Waals surface area contributed by atoms with Crippen LogP contribution in [-0.2, 0) is 22.6 Å². The smallest absolute Gasteiger partial charge is 0.373 e. The van der Waals surface area contributed by atoms with Gasteiger partial charge in [-0.2, -0.15) is 8.78 Å². The van der Waals surface area contributed by atoms with E-state index in [0.29, 0.717) is 59.0 Å². The molecule has 1 aliphatic heterocycles. The Balaban J connectivity index is 1.13. The molecular weight excluding hydrogens is 668 g/mol. The highest BCUT2D eigenvalue weighted by Crippen LogP contribution is 2.34. The Kier molecular flexibility index (Phi) is 10.0. The lowest BCUT2D eigenvalue weighted by atomic mass is 9.89. The van der Waals surface area contributed by atoms with Crippen LogP contribution in [0.2, 0.25) is 5.15 Å². The van der Waals surface area contributed by atoms with E-state index < -0.39 is 23.9 Å². The maximum atomic E-state index is 13.9. The zero-order chi connectivity index (χ0) is 34.9. The number of aliphatic hydroxyl groups is 1. The van der Waals surface area contributed by atoms with Crippen molar-refractivity contribution in [2.75, 3.05) is 50.8 Å². The van der Waals surface area contributed by atoms with Crippen LogP contribution in [0.15, 0.2) is 48.8 Å². The fourth-order valence-corrected chi connectivity index (χ4v) is 6.17. The fourth-order valence-electron chi connectivity index (χ4n) is 5.99. The zero-order valence-corrected chi connectivity index (χ0v) is 27.8. The van der Waals surface area contributed by atoms with Gasteiger partial charge >= 0.3 is 6.11 Å². The molecule has 2 N–H and O–H groups in total. The first kappa shape index (κ1) is 34.5. The first-order valence-electron chi connectivity index (χ1n) is 15.5. The molecule has 1 aliphatic carbocycles. The lowest BCUT2D eigenvalue weighted by Crippen LogP contribution is -2.51. The molecule has 0 radical (unpaired) electrons. The minimum atomic E-state index is -3.35. The third-order valence-corrected chi connectivity index (χ3v) is 8.87. The number of ether oxygens (including phenoxy) is 4. The second-order valence-electron chi connectivity index (χ2n) is 11.9. The number of methoxy groups -OCH3 is 2. The second-order valence-corrected chi connectivity index (χ2v) is 12.3. The minimum absolute atomic E-state index is 0.00813. The van der Waals surface area contributed by atoms with Gasteiger partial charge in [0.15, 0.2) is 12.0 Å². The van der Waals surface area contributed by atoms with Crippen LogP contribution in [0.5, 0.6) is 11.5 Å². The van der Waals surface area contributed by atoms with E-state index in [1.165, 1.54) is 27.9 Å². The summed E-state index contributed by atoms with van der Waals surface area (Å²) in [6.07, 6.45) is -2.04. The van der Waals surface area contributed by atoms with E-state index in [9.17, 15) is 24.0 Å². The van der Waals surface area contributed by atoms with Gasteiger partial charge in [-0.3, -0.25) is 20.0 Å². The lowest BCUT2D eigenvalue weighted by molar-refractivity contribution is -0.384. The van der Waals surface area contributed by atoms with Crippen LogP contribution < -0.4 is 24.6 Å². The number of benzene rings is 2. The SMILES string of the molecule is COc1ccc(CN(C)c2cc(Cl)nc3c2ncn3C(O)N[C@@H]2CC[C@H]2OCc2cc(N3CCOC(F)(F)C3)cc([N+](=O)[O-])c2)c(OC)c1. The Morgan fingerprint density at radius 1 is 1.22 bits per heavy atom. The van der Waals surface area contributed by atoms with Crippen molar-refractivity contribution in [2.45, 2.75) is 50.6 Å². The van der Waals surface area contributed by atoms with Gasteiger partial charge in [-0.15, -0.1) is 0 Å². The van der Waals surface area contributed by atoms with Crippen LogP contribution in [0.3, 0.4) is 0 Å². The van der Waals surface area contributed by atoms with Gasteiger partial charge in [0.05, 0.1) is 44.1 Å². The monoisotopic (exact) mass is 703 g/mol. The average molecular weight is 704 g/mol. The van der Waals surface area contributed by atoms with E-state index in [-0.39, 0.29) is 42.7 Å². The molecule has 3 atom stereocenters. The van der Waals surface area contributed by atoms with Crippen molar-refractivity contribution in [3.8, 4) is 11.5 Å². The van der Waals surface area contributed by atoms with Crippen LogP contribution in [0, 0.1) is 10.1 Å². The molecule has 2 fully saturated rings. The standard InChI is InChI=1S/C32H36ClF2N7O7/c1-39(15-20-4-5-23(46-2)13-27(20)47-3)25-14-28(33)38-30-29(25)36-18-41(30)31(43)37-24-6-7-26(24)48-16-19-10-21(12-22(11-19)42(44)45)40-8-9-49-32(34,35)17-40/h4-5,10-14,18,24,26,31,37,43H,6-9,15-17H2,1-3H3/t24-,26-,31?/m1/s1. The molecule has 1 unspecified atom stereocenters. The molecule has 4 aromatic rings. The number of alkyl halides is 2. The topological polar surface area (TPSA) is 150 Å². The predicted octanol–water partition coefficient (Wildman–Crippen LogP) is 4.86. The Morgan fingerprint density at radius 2 is 2.04 bits per heavy atom. The van der Waals surface area contributed by atoms with E-state index in [1.54, 1.807) is 26.4 Å². The van der Waals surface area contributed by atoms with E-state index in [0.717, 1.165) is 5.56 Å². The summed E-state index contributed by atoms with van der Waals surface area (Å²) in [6.45, 7) is -0.276. The lowest BCUT2D eigenvalue weighted by Gasteiger charge is -2.38. The number of halogens is 3. The van der Waals surface area contributed by atoms with Gasteiger partial charge in [-0.25, -0.2) is 9.97 Å². The largest absolute Gasteiger partial charge is 0.497 e. The molecule has 1 saturated heterocycles. The van der Waals surface area contributed by atoms with Crippen LogP contribution in [-0.4, -0.2) is 83.8 Å². The number of anilines is 2. The molecule has 0 amide bonds. The number of hydrogen-bond acceptors (Lipinski definition) is 12. The van der Waals surface area contributed by atoms with E-state index in [4.69, 9.17) is 25.8 Å². The Labute approximate surface area is 285 Å². The van der Waals surface area contributed by atoms with E-state index in [2.05, 4.69) is 20.0 Å². The summed E-state index contributed by atoms with van der Waals surface area (Å²) >= 11 is 6.44. The number of fused-ring (bicyclic) bond motifs is 1. The summed E-state index contributed by atoms with van der Waals surface area (Å²) in [7, 11) is 5.07. The van der Waals surface area contributed by atoms with Gasteiger partial charge in [0, 0.05) is 61.7 Å². The highest BCUT2D eigenvalue weighted by molar-refractivity contribution is 6.30. The molecule has 2 aromatic carbocycles. The zero-order valence-electron chi connectivity index (χ0n) is 27.0. The number of rotatable bonds is 13. The number of nitrogens with zero attached hydrogens (tertiary/aromatic N) is 6. The maximum absolute atomic E-state index is 13.9. The summed E-state index contributed by atoms with van der Waals surface area (Å²) in [6, 6.07) is 11.3. The third kappa shape index (κ3) is 7.63. The van der Waals surface area contributed by atoms with Gasteiger partial charge in [-0.1, -0.05) is 11.6 Å². The number of aromatic nitrogens is 3. The Hall–Kier alpha value is -4.35. The first-order chi connectivity index (χ1) is 23.4. The van der Waals surface area contributed by atoms with Crippen molar-refractivity contribution >= 4 is 39.8 Å². The highest BCUT2D eigenvalue weighted by atomic mass is 35.5. The van der Waals surface area contributed by atoms with Crippen molar-refractivity contribution in [3.05, 3.63) is 75.2 Å². The summed E-state index contributed by atoms with van der Waals surface area (Å²) in [5.74, 6) is 1.34. The molecule has 3 heterocycles. The van der Waals surface area contributed by atoms with Crippen molar-refractivity contribution in [1.82, 2.24) is 19.9 Å². The van der Waals surface area contributed by atoms with Gasteiger partial charge in [-0.05, 0) is 36.6 Å². The Bertz CT molecular complexity index is 1830. The number of nitro benzene ring substituents is 1. The van der Waals surface area contributed by atoms with Gasteiger partial charge in [0.2, 0.25) is 0 Å². The summed E-state index contributed by atoms with van der Waals surface area (Å²) < 4.78 is 50.7. The summed E-state index contributed by atoms with van der Waals surface area (Å²) in [4.78, 5) is 23.3. The van der Waals surface area contributed by atoms with Crippen molar-refractivity contribution in [1.29, 1.82) is 0 Å². The number of morpholine rings is 1. The third-order valence-electron chi connectivity index (χ3n) is 8.68. The second kappa shape index (κ2) is 14.2. The minimum Gasteiger partial charge on any atom is -0.497 e. The average Bonchev–Trinajstić information content (AvgIpc) is 3.49. The molecule has 0 spiro atoms. The normalized spacial score (nSPS) is 19.4. The quantitative estimate of drug-likeness (QED) is 0.0848. The fraction of sp³-hybridized carbons (Fsp3) is 0.438. The molecular formula is C32H36ClF2N7O7. The van der Waals surface area contributed by atoms with Crippen molar-refractivity contribution in [3.63, 3.8) is 0 Å². The first-order valence-corrected chi connectivity index (χ1v) is 15.9. The van der Waals surface area contributed by atoms with E-state index >= 15 is 0 Å². The van der Waals surface area contributed by atoms with Crippen LogP contribution in [0.4, 0.5) is 25.8 Å². The van der Waals surface area contributed by atoms with Crippen LogP contribution >= 0.6 is 11.6 Å². The molecule has 17 heteroatoms. The Morgan fingerprint density at radius 3 is 2.73 bits per heavy atom. The molecule has 1 saturated carbocycles. The summed E-state index contributed by atoms with van der Waals surface area (Å²) in [5, 5.41) is 26.2. The number of nitrogens with one attached hydrogen (secondary N) is 1. The molecule has 262 valence electrons. The highest BCUT2D eigenvalue weighted by Gasteiger charge is 2.38. The number of imidazole rings is 1. The number of aliphatic hydroxyl groups excluding tert-OH is 1. The molecule has 2 aromatic heterocycles. The van der Waals surface area contributed by atoms with E-state index in [1.807, 2.05) is 30.1 Å². The number of pyridine rings is 1. The van der Waals surface area contributed by atoms with Crippen molar-refractivity contribution in [2.24, 2.45) is 0 Å². The van der Waals surface area contributed by atoms with Gasteiger partial charge < -0.3 is 33.9 Å². The van der Waals surface area contributed by atoms with Crippen LogP contribution in [0.25, 0.3) is 11.2 Å². The number of hydrogen-bond donors (Lipinski definition) is 2. The number of non-ortho nitro benzene ring substituents is 1. The maximum Gasteiger partial charge on any atom is 0.373 e.